The fourth-order valence-corrected chi connectivity index (χ4v) is 2.99. The van der Waals surface area contributed by atoms with E-state index in [9.17, 15) is 0 Å². The van der Waals surface area contributed by atoms with Gasteiger partial charge in [-0.2, -0.15) is 0 Å². The first-order chi connectivity index (χ1) is 8.27. The summed E-state index contributed by atoms with van der Waals surface area (Å²) >= 11 is 0. The van der Waals surface area contributed by atoms with Gasteiger partial charge in [0.25, 0.3) is 0 Å². The Morgan fingerprint density at radius 3 is 2.59 bits per heavy atom. The number of rotatable bonds is 4. The molecule has 0 aliphatic carbocycles. The van der Waals surface area contributed by atoms with Crippen molar-refractivity contribution in [2.75, 3.05) is 45.9 Å². The van der Waals surface area contributed by atoms with Crippen LogP contribution in [0.1, 0.15) is 19.8 Å². The predicted molar refractivity (Wildman–Crippen MR) is 70.0 cm³/mol. The van der Waals surface area contributed by atoms with Crippen molar-refractivity contribution in [3.8, 4) is 0 Å². The predicted octanol–water partition coefficient (Wildman–Crippen LogP) is 0.282. The molecule has 2 aliphatic rings. The van der Waals surface area contributed by atoms with Crippen LogP contribution in [0.25, 0.3) is 0 Å². The molecule has 100 valence electrons. The van der Waals surface area contributed by atoms with Gasteiger partial charge in [0.05, 0.1) is 0 Å². The fourth-order valence-electron chi connectivity index (χ4n) is 2.99. The van der Waals surface area contributed by atoms with E-state index in [1.807, 2.05) is 0 Å². The Morgan fingerprint density at radius 1 is 1.29 bits per heavy atom. The summed E-state index contributed by atoms with van der Waals surface area (Å²) in [4.78, 5) is 2.54. The lowest BCUT2D eigenvalue weighted by Gasteiger charge is -2.35. The lowest BCUT2D eigenvalue weighted by molar-refractivity contribution is 0.0484. The van der Waals surface area contributed by atoms with Gasteiger partial charge in [-0.1, -0.05) is 6.92 Å². The number of nitrogens with one attached hydrogen (secondary N) is 1. The molecule has 2 saturated heterocycles. The molecule has 0 saturated carbocycles. The van der Waals surface area contributed by atoms with Gasteiger partial charge in [-0.05, 0) is 24.7 Å². The van der Waals surface area contributed by atoms with E-state index < -0.39 is 0 Å². The van der Waals surface area contributed by atoms with Gasteiger partial charge in [0.2, 0.25) is 0 Å². The van der Waals surface area contributed by atoms with Crippen LogP contribution in [0.4, 0.5) is 0 Å². The molecule has 4 heteroatoms. The Bertz CT molecular complexity index is 213. The van der Waals surface area contributed by atoms with E-state index in [2.05, 4.69) is 17.1 Å². The van der Waals surface area contributed by atoms with Crippen molar-refractivity contribution < 1.29 is 4.74 Å². The molecule has 2 rings (SSSR count). The fraction of sp³-hybridized carbons (Fsp3) is 1.00. The van der Waals surface area contributed by atoms with Crippen molar-refractivity contribution in [2.24, 2.45) is 17.6 Å². The second-order valence-electron chi connectivity index (χ2n) is 5.56. The highest BCUT2D eigenvalue weighted by Crippen LogP contribution is 2.22. The second kappa shape index (κ2) is 6.69. The molecule has 2 fully saturated rings. The van der Waals surface area contributed by atoms with Crippen molar-refractivity contribution in [3.63, 3.8) is 0 Å². The number of nitrogens with two attached hydrogens (primary N) is 1. The summed E-state index contributed by atoms with van der Waals surface area (Å²) in [6.45, 7) is 9.86. The SMILES string of the molecule is CC(CN1CCNCC1)C(N)C1CCOCC1. The molecule has 0 radical (unpaired) electrons. The number of hydrogen-bond donors (Lipinski definition) is 2. The summed E-state index contributed by atoms with van der Waals surface area (Å²) in [6, 6.07) is 0.341. The normalized spacial score (nSPS) is 27.9. The molecule has 2 heterocycles. The van der Waals surface area contributed by atoms with Crippen LogP contribution >= 0.6 is 0 Å². The highest BCUT2D eigenvalue weighted by Gasteiger charge is 2.26. The van der Waals surface area contributed by atoms with Crippen LogP contribution in [0.5, 0.6) is 0 Å². The molecule has 2 atom stereocenters. The van der Waals surface area contributed by atoms with E-state index in [-0.39, 0.29) is 0 Å². The van der Waals surface area contributed by atoms with E-state index in [4.69, 9.17) is 10.5 Å². The minimum atomic E-state index is 0.341. The summed E-state index contributed by atoms with van der Waals surface area (Å²) in [6.07, 6.45) is 2.29. The number of hydrogen-bond acceptors (Lipinski definition) is 4. The van der Waals surface area contributed by atoms with E-state index >= 15 is 0 Å². The average molecular weight is 241 g/mol. The zero-order valence-corrected chi connectivity index (χ0v) is 11.0. The summed E-state index contributed by atoms with van der Waals surface area (Å²) in [5, 5.41) is 3.39. The molecule has 0 aromatic carbocycles. The van der Waals surface area contributed by atoms with Crippen LogP contribution in [0.15, 0.2) is 0 Å². The third-order valence-electron chi connectivity index (χ3n) is 4.22. The molecule has 0 aromatic rings. The summed E-state index contributed by atoms with van der Waals surface area (Å²) in [7, 11) is 0. The lowest BCUT2D eigenvalue weighted by Crippen LogP contribution is -2.49. The highest BCUT2D eigenvalue weighted by atomic mass is 16.5. The topological polar surface area (TPSA) is 50.5 Å². The highest BCUT2D eigenvalue weighted by molar-refractivity contribution is 4.82. The Kier molecular flexibility index (Phi) is 5.22. The van der Waals surface area contributed by atoms with Gasteiger partial charge >= 0.3 is 0 Å². The molecule has 0 aromatic heterocycles. The number of piperazine rings is 1. The molecule has 2 unspecified atom stereocenters. The Morgan fingerprint density at radius 2 is 1.94 bits per heavy atom. The van der Waals surface area contributed by atoms with E-state index in [1.165, 1.54) is 13.1 Å². The van der Waals surface area contributed by atoms with Crippen LogP contribution in [-0.2, 0) is 4.74 Å². The minimum absolute atomic E-state index is 0.341. The van der Waals surface area contributed by atoms with Crippen LogP contribution < -0.4 is 11.1 Å². The average Bonchev–Trinajstić information content (AvgIpc) is 2.40. The molecule has 2 aliphatic heterocycles. The van der Waals surface area contributed by atoms with Gasteiger partial charge in [0.15, 0.2) is 0 Å². The van der Waals surface area contributed by atoms with Crippen molar-refractivity contribution >= 4 is 0 Å². The van der Waals surface area contributed by atoms with Gasteiger partial charge in [0, 0.05) is 52.0 Å². The molecule has 4 nitrogen and oxygen atoms in total. The quantitative estimate of drug-likeness (QED) is 0.742. The van der Waals surface area contributed by atoms with Crippen LogP contribution in [0, 0.1) is 11.8 Å². The first-order valence-corrected chi connectivity index (χ1v) is 7.04. The summed E-state index contributed by atoms with van der Waals surface area (Å²) < 4.78 is 5.41. The van der Waals surface area contributed by atoms with Crippen LogP contribution in [0.2, 0.25) is 0 Å². The standard InChI is InChI=1S/C13H27N3O/c1-11(10-16-6-4-15-5-7-16)13(14)12-2-8-17-9-3-12/h11-13,15H,2-10,14H2,1H3. The second-order valence-corrected chi connectivity index (χ2v) is 5.56. The van der Waals surface area contributed by atoms with Crippen molar-refractivity contribution in [3.05, 3.63) is 0 Å². The Labute approximate surface area is 105 Å². The Hall–Kier alpha value is -0.160. The van der Waals surface area contributed by atoms with E-state index in [0.717, 1.165) is 45.7 Å². The molecule has 17 heavy (non-hydrogen) atoms. The van der Waals surface area contributed by atoms with Crippen molar-refractivity contribution in [1.29, 1.82) is 0 Å². The zero-order valence-electron chi connectivity index (χ0n) is 11.0. The maximum Gasteiger partial charge on any atom is 0.0469 e. The third-order valence-corrected chi connectivity index (χ3v) is 4.22. The van der Waals surface area contributed by atoms with Gasteiger partial charge in [-0.15, -0.1) is 0 Å². The summed E-state index contributed by atoms with van der Waals surface area (Å²) in [5.41, 5.74) is 6.41. The zero-order chi connectivity index (χ0) is 12.1. The maximum absolute atomic E-state index is 6.41. The molecule has 0 bridgehead atoms. The van der Waals surface area contributed by atoms with E-state index in [1.54, 1.807) is 0 Å². The first-order valence-electron chi connectivity index (χ1n) is 7.04. The smallest absolute Gasteiger partial charge is 0.0469 e. The molecule has 0 spiro atoms. The van der Waals surface area contributed by atoms with Gasteiger partial charge in [-0.3, -0.25) is 0 Å². The molecule has 0 amide bonds. The van der Waals surface area contributed by atoms with Crippen LogP contribution in [0.3, 0.4) is 0 Å². The van der Waals surface area contributed by atoms with Gasteiger partial charge < -0.3 is 20.7 Å². The minimum Gasteiger partial charge on any atom is -0.381 e. The number of ether oxygens (including phenoxy) is 1. The van der Waals surface area contributed by atoms with Crippen molar-refractivity contribution in [1.82, 2.24) is 10.2 Å². The molecular formula is C13H27N3O. The summed E-state index contributed by atoms with van der Waals surface area (Å²) in [5.74, 6) is 1.26. The first kappa shape index (κ1) is 13.3. The van der Waals surface area contributed by atoms with Gasteiger partial charge in [0.1, 0.15) is 0 Å². The monoisotopic (exact) mass is 241 g/mol. The van der Waals surface area contributed by atoms with Gasteiger partial charge in [-0.25, -0.2) is 0 Å². The Balaban J connectivity index is 1.75. The molecule has 3 N–H and O–H groups in total. The van der Waals surface area contributed by atoms with Crippen molar-refractivity contribution in [2.45, 2.75) is 25.8 Å². The molecular weight excluding hydrogens is 214 g/mol. The lowest BCUT2D eigenvalue weighted by atomic mass is 9.84. The maximum atomic E-state index is 6.41. The largest absolute Gasteiger partial charge is 0.381 e. The van der Waals surface area contributed by atoms with Crippen LogP contribution in [-0.4, -0.2) is 56.9 Å². The number of nitrogens with zero attached hydrogens (tertiary/aromatic N) is 1. The van der Waals surface area contributed by atoms with E-state index in [0.29, 0.717) is 17.9 Å². The third kappa shape index (κ3) is 3.91.